The molecule has 1 aromatic carbocycles. The van der Waals surface area contributed by atoms with Gasteiger partial charge >= 0.3 is 6.18 Å². The maximum atomic E-state index is 13.8. The lowest BCUT2D eigenvalue weighted by atomic mass is 10.1. The number of para-hydroxylation sites is 1. The number of pyridine rings is 1. The normalized spacial score (nSPS) is 15.0. The number of hydrogen-bond donors (Lipinski definition) is 0. The van der Waals surface area contributed by atoms with Crippen molar-refractivity contribution in [1.29, 1.82) is 5.26 Å². The summed E-state index contributed by atoms with van der Waals surface area (Å²) in [4.78, 5) is 6.38. The van der Waals surface area contributed by atoms with Gasteiger partial charge in [0.1, 0.15) is 11.1 Å². The fourth-order valence-electron chi connectivity index (χ4n) is 3.58. The summed E-state index contributed by atoms with van der Waals surface area (Å²) >= 11 is 1.03. The van der Waals surface area contributed by atoms with Crippen LogP contribution < -0.4 is 0 Å². The molecule has 160 valence electrons. The Balaban J connectivity index is 1.81. The molecule has 0 N–H and O–H groups in total. The summed E-state index contributed by atoms with van der Waals surface area (Å²) in [5, 5.41) is 18.4. The quantitative estimate of drug-likeness (QED) is 0.569. The Morgan fingerprint density at radius 2 is 1.81 bits per heavy atom. The van der Waals surface area contributed by atoms with Gasteiger partial charge in [-0.3, -0.25) is 9.47 Å². The molecule has 0 atom stereocenters. The molecule has 0 unspecified atom stereocenters. The molecule has 0 spiro atoms. The maximum Gasteiger partial charge on any atom is 0.418 e. The number of benzene rings is 1. The predicted molar refractivity (Wildman–Crippen MR) is 109 cm³/mol. The van der Waals surface area contributed by atoms with Crippen LogP contribution in [0.15, 0.2) is 52.8 Å². The van der Waals surface area contributed by atoms with Crippen molar-refractivity contribution < 1.29 is 13.2 Å². The summed E-state index contributed by atoms with van der Waals surface area (Å²) in [6.45, 7) is 2.14. The second kappa shape index (κ2) is 9.08. The molecule has 1 saturated heterocycles. The van der Waals surface area contributed by atoms with E-state index in [0.29, 0.717) is 23.0 Å². The molecule has 6 nitrogen and oxygen atoms in total. The molecule has 1 fully saturated rings. The summed E-state index contributed by atoms with van der Waals surface area (Å²) in [5.74, 6) is 0.426. The zero-order valence-corrected chi connectivity index (χ0v) is 17.3. The van der Waals surface area contributed by atoms with Crippen molar-refractivity contribution in [2.24, 2.45) is 0 Å². The monoisotopic (exact) mass is 444 g/mol. The number of alkyl halides is 3. The standard InChI is InChI=1S/C21H19F3N6S/c22-21(23,24)16-8-2-3-9-17(16)30-18(14-29-11-4-1-5-12-29)27-28-20(30)31-19-15(13-25)7-6-10-26-19/h2-3,6-10H,1,4-5,11-12,14H2. The fraction of sp³-hybridized carbons (Fsp3) is 0.333. The molecule has 1 aliphatic rings. The highest BCUT2D eigenvalue weighted by molar-refractivity contribution is 7.99. The molecule has 3 aromatic rings. The van der Waals surface area contributed by atoms with Gasteiger partial charge < -0.3 is 0 Å². The molecule has 31 heavy (non-hydrogen) atoms. The Labute approximate surface area is 181 Å². The van der Waals surface area contributed by atoms with Crippen molar-refractivity contribution in [3.05, 3.63) is 59.5 Å². The largest absolute Gasteiger partial charge is 0.418 e. The molecule has 0 bridgehead atoms. The van der Waals surface area contributed by atoms with E-state index in [4.69, 9.17) is 0 Å². The average Bonchev–Trinajstić information content (AvgIpc) is 3.16. The van der Waals surface area contributed by atoms with Crippen LogP contribution in [-0.2, 0) is 12.7 Å². The molecule has 0 amide bonds. The van der Waals surface area contributed by atoms with E-state index in [1.54, 1.807) is 18.2 Å². The lowest BCUT2D eigenvalue weighted by Crippen LogP contribution is -2.30. The van der Waals surface area contributed by atoms with Gasteiger partial charge in [0.15, 0.2) is 5.82 Å². The van der Waals surface area contributed by atoms with Crippen LogP contribution in [0.4, 0.5) is 13.2 Å². The van der Waals surface area contributed by atoms with E-state index in [2.05, 4.69) is 26.2 Å². The van der Waals surface area contributed by atoms with Crippen molar-refractivity contribution in [1.82, 2.24) is 24.6 Å². The number of likely N-dealkylation sites (tertiary alicyclic amines) is 1. The van der Waals surface area contributed by atoms with E-state index in [0.717, 1.165) is 50.2 Å². The second-order valence-electron chi connectivity index (χ2n) is 7.16. The fourth-order valence-corrected chi connectivity index (χ4v) is 4.47. The molecule has 0 aliphatic carbocycles. The smallest absolute Gasteiger partial charge is 0.296 e. The Kier molecular flexibility index (Phi) is 6.25. The van der Waals surface area contributed by atoms with E-state index in [-0.39, 0.29) is 10.8 Å². The van der Waals surface area contributed by atoms with Crippen molar-refractivity contribution >= 4 is 11.8 Å². The first kappa shape index (κ1) is 21.3. The highest BCUT2D eigenvalue weighted by Crippen LogP contribution is 2.37. The molecule has 0 saturated carbocycles. The van der Waals surface area contributed by atoms with Crippen LogP contribution >= 0.6 is 11.8 Å². The lowest BCUT2D eigenvalue weighted by molar-refractivity contribution is -0.137. The summed E-state index contributed by atoms with van der Waals surface area (Å²) in [7, 11) is 0. The van der Waals surface area contributed by atoms with Gasteiger partial charge in [-0.1, -0.05) is 18.6 Å². The Morgan fingerprint density at radius 1 is 1.03 bits per heavy atom. The van der Waals surface area contributed by atoms with E-state index < -0.39 is 11.7 Å². The van der Waals surface area contributed by atoms with Crippen LogP contribution in [0.3, 0.4) is 0 Å². The summed E-state index contributed by atoms with van der Waals surface area (Å²) < 4.78 is 42.8. The van der Waals surface area contributed by atoms with Gasteiger partial charge in [0.2, 0.25) is 5.16 Å². The van der Waals surface area contributed by atoms with Crippen LogP contribution in [-0.4, -0.2) is 37.7 Å². The van der Waals surface area contributed by atoms with Gasteiger partial charge in [-0.05, 0) is 62.0 Å². The molecule has 3 heterocycles. The van der Waals surface area contributed by atoms with E-state index >= 15 is 0 Å². The molecule has 1 aliphatic heterocycles. The van der Waals surface area contributed by atoms with E-state index in [1.165, 1.54) is 22.9 Å². The van der Waals surface area contributed by atoms with Crippen molar-refractivity contribution in [2.45, 2.75) is 42.2 Å². The van der Waals surface area contributed by atoms with Gasteiger partial charge in [0.25, 0.3) is 0 Å². The van der Waals surface area contributed by atoms with Crippen LogP contribution in [0, 0.1) is 11.3 Å². The summed E-state index contributed by atoms with van der Waals surface area (Å²) in [6, 6.07) is 10.7. The van der Waals surface area contributed by atoms with Gasteiger partial charge in [0, 0.05) is 6.20 Å². The van der Waals surface area contributed by atoms with Gasteiger partial charge in [-0.2, -0.15) is 18.4 Å². The molecule has 10 heteroatoms. The minimum Gasteiger partial charge on any atom is -0.296 e. The third kappa shape index (κ3) is 4.73. The first-order valence-corrected chi connectivity index (χ1v) is 10.7. The number of piperidine rings is 1. The lowest BCUT2D eigenvalue weighted by Gasteiger charge is -2.26. The predicted octanol–water partition coefficient (Wildman–Crippen LogP) is 4.69. The topological polar surface area (TPSA) is 70.6 Å². The van der Waals surface area contributed by atoms with Crippen LogP contribution in [0.1, 0.15) is 36.2 Å². The van der Waals surface area contributed by atoms with Crippen LogP contribution in [0.25, 0.3) is 5.69 Å². The summed E-state index contributed by atoms with van der Waals surface area (Å²) in [6.07, 6.45) is 0.247. The van der Waals surface area contributed by atoms with Crippen molar-refractivity contribution in [3.63, 3.8) is 0 Å². The number of hydrogen-bond acceptors (Lipinski definition) is 6. The van der Waals surface area contributed by atoms with Crippen LogP contribution in [0.2, 0.25) is 0 Å². The zero-order chi connectivity index (χ0) is 21.8. The number of rotatable bonds is 5. The van der Waals surface area contributed by atoms with Crippen LogP contribution in [0.5, 0.6) is 0 Å². The third-order valence-electron chi connectivity index (χ3n) is 5.04. The van der Waals surface area contributed by atoms with Gasteiger partial charge in [0.05, 0.1) is 23.4 Å². The molecular formula is C21H19F3N6S. The first-order valence-electron chi connectivity index (χ1n) is 9.83. The van der Waals surface area contributed by atoms with Crippen molar-refractivity contribution in [3.8, 4) is 11.8 Å². The first-order chi connectivity index (χ1) is 15.0. The molecule has 2 aromatic heterocycles. The Hall–Kier alpha value is -2.90. The third-order valence-corrected chi connectivity index (χ3v) is 6.01. The molecule has 0 radical (unpaired) electrons. The number of aromatic nitrogens is 4. The highest BCUT2D eigenvalue weighted by Gasteiger charge is 2.35. The van der Waals surface area contributed by atoms with Gasteiger partial charge in [-0.15, -0.1) is 10.2 Å². The highest BCUT2D eigenvalue weighted by atomic mass is 32.2. The average molecular weight is 444 g/mol. The summed E-state index contributed by atoms with van der Waals surface area (Å²) in [5.41, 5.74) is -0.481. The minimum atomic E-state index is -4.53. The van der Waals surface area contributed by atoms with Gasteiger partial charge in [-0.25, -0.2) is 4.98 Å². The second-order valence-corrected chi connectivity index (χ2v) is 8.11. The minimum absolute atomic E-state index is 0.0380. The molecular weight excluding hydrogens is 425 g/mol. The van der Waals surface area contributed by atoms with E-state index in [9.17, 15) is 18.4 Å². The SMILES string of the molecule is N#Cc1cccnc1Sc1nnc(CN2CCCCC2)n1-c1ccccc1C(F)(F)F. The zero-order valence-electron chi connectivity index (χ0n) is 16.5. The maximum absolute atomic E-state index is 13.8. The van der Waals surface area contributed by atoms with E-state index in [1.807, 2.05) is 0 Å². The number of nitriles is 1. The van der Waals surface area contributed by atoms with Crippen molar-refractivity contribution in [2.75, 3.05) is 13.1 Å². The Bertz CT molecular complexity index is 1100. The number of nitrogens with zero attached hydrogens (tertiary/aromatic N) is 6. The number of halogens is 3. The molecule has 4 rings (SSSR count). The Morgan fingerprint density at radius 3 is 2.55 bits per heavy atom.